The summed E-state index contributed by atoms with van der Waals surface area (Å²) in [6, 6.07) is 0. The van der Waals surface area contributed by atoms with Gasteiger partial charge in [0.25, 0.3) is 0 Å². The minimum Gasteiger partial charge on any atom is -0.481 e. The Labute approximate surface area is 87.7 Å². The summed E-state index contributed by atoms with van der Waals surface area (Å²) in [4.78, 5) is 10.8. The summed E-state index contributed by atoms with van der Waals surface area (Å²) in [7, 11) is 0. The summed E-state index contributed by atoms with van der Waals surface area (Å²) in [5, 5.41) is 8.88. The molecule has 0 amide bonds. The lowest BCUT2D eigenvalue weighted by Crippen LogP contribution is -2.13. The highest BCUT2D eigenvalue weighted by Gasteiger charge is 2.14. The van der Waals surface area contributed by atoms with Gasteiger partial charge in [0.2, 0.25) is 0 Å². The Bertz CT molecular complexity index is 143. The van der Waals surface area contributed by atoms with Crippen molar-refractivity contribution in [2.75, 3.05) is 0 Å². The molecule has 14 heavy (non-hydrogen) atoms. The van der Waals surface area contributed by atoms with E-state index in [0.717, 1.165) is 25.7 Å². The summed E-state index contributed by atoms with van der Waals surface area (Å²) in [5.74, 6) is -0.807. The van der Waals surface area contributed by atoms with E-state index in [1.165, 1.54) is 25.7 Å². The van der Waals surface area contributed by atoms with Crippen molar-refractivity contribution in [2.45, 2.75) is 58.3 Å². The first-order valence-electron chi connectivity index (χ1n) is 5.74. The molecule has 1 radical (unpaired) electrons. The number of carboxylic acid groups (broad SMARTS) is 1. The Kier molecular flexibility index (Phi) is 8.70. The molecule has 0 fully saturated rings. The summed E-state index contributed by atoms with van der Waals surface area (Å²) in [6.45, 7) is 5.89. The molecule has 0 aliphatic carbocycles. The van der Waals surface area contributed by atoms with E-state index < -0.39 is 5.97 Å². The van der Waals surface area contributed by atoms with Crippen LogP contribution in [-0.4, -0.2) is 11.1 Å². The van der Waals surface area contributed by atoms with E-state index in [9.17, 15) is 4.79 Å². The third-order valence-corrected chi connectivity index (χ3v) is 2.56. The van der Waals surface area contributed by atoms with Crippen LogP contribution in [0.15, 0.2) is 0 Å². The summed E-state index contributed by atoms with van der Waals surface area (Å²) < 4.78 is 0. The number of carbonyl (C=O) groups is 1. The molecular formula is C12H23O2. The van der Waals surface area contributed by atoms with Crippen molar-refractivity contribution in [3.05, 3.63) is 6.92 Å². The molecule has 0 spiro atoms. The zero-order valence-corrected chi connectivity index (χ0v) is 9.30. The van der Waals surface area contributed by atoms with Crippen LogP contribution < -0.4 is 0 Å². The zero-order valence-electron chi connectivity index (χ0n) is 9.30. The lowest BCUT2D eigenvalue weighted by molar-refractivity contribution is -0.142. The first-order valence-corrected chi connectivity index (χ1v) is 5.74. The molecule has 0 aliphatic heterocycles. The maximum Gasteiger partial charge on any atom is 0.306 e. The second kappa shape index (κ2) is 9.04. The molecule has 2 heteroatoms. The maximum atomic E-state index is 10.8. The van der Waals surface area contributed by atoms with Gasteiger partial charge in [-0.1, -0.05) is 52.4 Å². The van der Waals surface area contributed by atoms with Gasteiger partial charge in [0.1, 0.15) is 0 Å². The van der Waals surface area contributed by atoms with E-state index in [1.54, 1.807) is 0 Å². The maximum absolute atomic E-state index is 10.8. The highest BCUT2D eigenvalue weighted by Crippen LogP contribution is 2.16. The van der Waals surface area contributed by atoms with Crippen LogP contribution in [0.1, 0.15) is 58.3 Å². The number of hydrogen-bond donors (Lipinski definition) is 1. The van der Waals surface area contributed by atoms with Crippen LogP contribution in [0.3, 0.4) is 0 Å². The van der Waals surface area contributed by atoms with Crippen molar-refractivity contribution in [1.29, 1.82) is 0 Å². The van der Waals surface area contributed by atoms with Crippen molar-refractivity contribution in [3.8, 4) is 0 Å². The number of hydrogen-bond acceptors (Lipinski definition) is 1. The minimum atomic E-state index is -0.649. The van der Waals surface area contributed by atoms with Crippen LogP contribution in [0.5, 0.6) is 0 Å². The number of unbranched alkanes of at least 4 members (excludes halogenated alkanes) is 4. The fraction of sp³-hybridized carbons (Fsp3) is 0.833. The van der Waals surface area contributed by atoms with Gasteiger partial charge in [0, 0.05) is 0 Å². The molecule has 0 rings (SSSR count). The van der Waals surface area contributed by atoms with Crippen molar-refractivity contribution in [3.63, 3.8) is 0 Å². The first-order chi connectivity index (χ1) is 6.72. The smallest absolute Gasteiger partial charge is 0.306 e. The molecule has 1 unspecified atom stereocenters. The standard InChI is InChI=1S/C12H23O2/c1-3-5-6-7-8-10-11(9-4-2)12(13)14/h11H,2-10H2,1H3,(H,13,14). The second-order valence-corrected chi connectivity index (χ2v) is 3.88. The van der Waals surface area contributed by atoms with E-state index >= 15 is 0 Å². The van der Waals surface area contributed by atoms with Crippen LogP contribution in [0.25, 0.3) is 0 Å². The topological polar surface area (TPSA) is 37.3 Å². The molecule has 1 N–H and O–H groups in total. The SMILES string of the molecule is [CH2]CCC(CCCCCCC)C(=O)O. The molecular weight excluding hydrogens is 176 g/mol. The third-order valence-electron chi connectivity index (χ3n) is 2.56. The summed E-state index contributed by atoms with van der Waals surface area (Å²) >= 11 is 0. The van der Waals surface area contributed by atoms with E-state index in [2.05, 4.69) is 13.8 Å². The van der Waals surface area contributed by atoms with Gasteiger partial charge < -0.3 is 5.11 Å². The van der Waals surface area contributed by atoms with Crippen LogP contribution >= 0.6 is 0 Å². The average molecular weight is 199 g/mol. The van der Waals surface area contributed by atoms with Crippen molar-refractivity contribution < 1.29 is 9.90 Å². The van der Waals surface area contributed by atoms with Crippen molar-refractivity contribution in [1.82, 2.24) is 0 Å². The highest BCUT2D eigenvalue weighted by atomic mass is 16.4. The lowest BCUT2D eigenvalue weighted by Gasteiger charge is -2.10. The highest BCUT2D eigenvalue weighted by molar-refractivity contribution is 5.69. The molecule has 0 aromatic carbocycles. The Morgan fingerprint density at radius 3 is 2.36 bits per heavy atom. The zero-order chi connectivity index (χ0) is 10.8. The van der Waals surface area contributed by atoms with Gasteiger partial charge in [-0.2, -0.15) is 0 Å². The molecule has 0 saturated heterocycles. The Morgan fingerprint density at radius 2 is 1.86 bits per heavy atom. The fourth-order valence-corrected chi connectivity index (χ4v) is 1.63. The fourth-order valence-electron chi connectivity index (χ4n) is 1.63. The van der Waals surface area contributed by atoms with Crippen molar-refractivity contribution in [2.24, 2.45) is 5.92 Å². The van der Waals surface area contributed by atoms with Gasteiger partial charge in [-0.25, -0.2) is 0 Å². The Hall–Kier alpha value is -0.530. The number of aliphatic carboxylic acids is 1. The van der Waals surface area contributed by atoms with Crippen LogP contribution in [-0.2, 0) is 4.79 Å². The molecule has 0 aliphatic rings. The molecule has 0 saturated carbocycles. The van der Waals surface area contributed by atoms with E-state index in [4.69, 9.17) is 5.11 Å². The van der Waals surface area contributed by atoms with Gasteiger partial charge in [0.15, 0.2) is 0 Å². The average Bonchev–Trinajstić information content (AvgIpc) is 2.15. The summed E-state index contributed by atoms with van der Waals surface area (Å²) in [5.41, 5.74) is 0. The predicted octanol–water partition coefficient (Wildman–Crippen LogP) is 3.66. The quantitative estimate of drug-likeness (QED) is 0.575. The van der Waals surface area contributed by atoms with E-state index in [-0.39, 0.29) is 5.92 Å². The minimum absolute atomic E-state index is 0.158. The molecule has 0 aromatic rings. The van der Waals surface area contributed by atoms with Gasteiger partial charge in [-0.3, -0.25) is 4.79 Å². The van der Waals surface area contributed by atoms with Gasteiger partial charge in [-0.05, 0) is 12.8 Å². The predicted molar refractivity (Wildman–Crippen MR) is 59.1 cm³/mol. The van der Waals surface area contributed by atoms with Crippen LogP contribution in [0, 0.1) is 12.8 Å². The molecule has 1 atom stereocenters. The van der Waals surface area contributed by atoms with E-state index in [0.29, 0.717) is 0 Å². The number of carboxylic acids is 1. The van der Waals surface area contributed by atoms with Crippen LogP contribution in [0.4, 0.5) is 0 Å². The van der Waals surface area contributed by atoms with Gasteiger partial charge >= 0.3 is 5.97 Å². The Balaban J connectivity index is 3.46. The molecule has 83 valence electrons. The third kappa shape index (κ3) is 6.93. The van der Waals surface area contributed by atoms with Crippen LogP contribution in [0.2, 0.25) is 0 Å². The van der Waals surface area contributed by atoms with Gasteiger partial charge in [0.05, 0.1) is 5.92 Å². The van der Waals surface area contributed by atoms with E-state index in [1.807, 2.05) is 0 Å². The second-order valence-electron chi connectivity index (χ2n) is 3.88. The first kappa shape index (κ1) is 13.5. The largest absolute Gasteiger partial charge is 0.481 e. The monoisotopic (exact) mass is 199 g/mol. The van der Waals surface area contributed by atoms with Gasteiger partial charge in [-0.15, -0.1) is 0 Å². The molecule has 0 heterocycles. The molecule has 0 aromatic heterocycles. The summed E-state index contributed by atoms with van der Waals surface area (Å²) in [6.07, 6.45) is 8.26. The molecule has 0 bridgehead atoms. The number of rotatable bonds is 9. The Morgan fingerprint density at radius 1 is 1.21 bits per heavy atom. The normalized spacial score (nSPS) is 12.7. The lowest BCUT2D eigenvalue weighted by atomic mass is 9.96. The molecule has 2 nitrogen and oxygen atoms in total. The van der Waals surface area contributed by atoms with Crippen molar-refractivity contribution >= 4 is 5.97 Å².